The first-order chi connectivity index (χ1) is 14.7. The molecule has 170 valence electrons. The van der Waals surface area contributed by atoms with Gasteiger partial charge in [0, 0.05) is 42.5 Å². The number of hydrogen-bond acceptors (Lipinski definition) is 5. The second kappa shape index (κ2) is 8.92. The van der Waals surface area contributed by atoms with Gasteiger partial charge in [-0.3, -0.25) is 0 Å². The molecule has 0 radical (unpaired) electrons. The number of sulfonamides is 1. The predicted octanol–water partition coefficient (Wildman–Crippen LogP) is 3.66. The van der Waals surface area contributed by atoms with E-state index in [1.165, 1.54) is 5.69 Å². The third-order valence-corrected chi connectivity index (χ3v) is 8.63. The van der Waals surface area contributed by atoms with Gasteiger partial charge in [-0.15, -0.1) is 0 Å². The number of hydrogen-bond donors (Lipinski definition) is 2. The molecule has 1 aromatic carbocycles. The Kier molecular flexibility index (Phi) is 6.42. The molecule has 0 bridgehead atoms. The Labute approximate surface area is 185 Å². The van der Waals surface area contributed by atoms with Gasteiger partial charge in [-0.2, -0.15) is 0 Å². The number of morpholine rings is 1. The predicted molar refractivity (Wildman–Crippen MR) is 124 cm³/mol. The Morgan fingerprint density at radius 3 is 2.32 bits per heavy atom. The number of rotatable bonds is 5. The summed E-state index contributed by atoms with van der Waals surface area (Å²) in [5, 5.41) is 0. The highest BCUT2D eigenvalue weighted by Gasteiger charge is 2.33. The molecule has 2 aromatic rings. The third-order valence-electron chi connectivity index (χ3n) is 6.38. The fourth-order valence-electron chi connectivity index (χ4n) is 4.24. The number of benzene rings is 1. The first-order valence-corrected chi connectivity index (χ1v) is 12.7. The molecule has 2 N–H and O–H groups in total. The highest BCUT2D eigenvalue weighted by molar-refractivity contribution is 7.90. The second-order valence-electron chi connectivity index (χ2n) is 9.60. The summed E-state index contributed by atoms with van der Waals surface area (Å²) in [7, 11) is -3.31. The van der Waals surface area contributed by atoms with E-state index in [1.54, 1.807) is 20.8 Å². The van der Waals surface area contributed by atoms with Gasteiger partial charge in [0.15, 0.2) is 0 Å². The maximum atomic E-state index is 12.4. The van der Waals surface area contributed by atoms with Crippen LogP contribution in [-0.2, 0) is 14.8 Å². The van der Waals surface area contributed by atoms with Crippen LogP contribution >= 0.6 is 0 Å². The van der Waals surface area contributed by atoms with Crippen molar-refractivity contribution < 1.29 is 13.2 Å². The van der Waals surface area contributed by atoms with E-state index < -0.39 is 14.8 Å². The van der Waals surface area contributed by atoms with Crippen LogP contribution in [0.5, 0.6) is 0 Å². The van der Waals surface area contributed by atoms with Gasteiger partial charge in [-0.05, 0) is 58.6 Å². The van der Waals surface area contributed by atoms with E-state index in [0.29, 0.717) is 5.92 Å². The normalized spacial score (nSPS) is 23.1. The molecule has 1 aromatic heterocycles. The number of H-pyrrole nitrogens is 1. The number of anilines is 1. The Balaban J connectivity index is 1.35. The summed E-state index contributed by atoms with van der Waals surface area (Å²) in [6.45, 7) is 8.63. The molecule has 31 heavy (non-hydrogen) atoms. The Morgan fingerprint density at radius 1 is 1.06 bits per heavy atom. The smallest absolute Gasteiger partial charge is 0.216 e. The Hall–Kier alpha value is -1.90. The second-order valence-corrected chi connectivity index (χ2v) is 12.1. The van der Waals surface area contributed by atoms with Crippen molar-refractivity contribution in [2.75, 3.05) is 31.2 Å². The summed E-state index contributed by atoms with van der Waals surface area (Å²) in [6, 6.07) is 8.58. The summed E-state index contributed by atoms with van der Waals surface area (Å²) in [5.41, 5.74) is 3.28. The molecule has 2 aliphatic rings. The zero-order valence-electron chi connectivity index (χ0n) is 18.7. The monoisotopic (exact) mass is 446 g/mol. The van der Waals surface area contributed by atoms with E-state index in [9.17, 15) is 8.42 Å². The molecular weight excluding hydrogens is 412 g/mol. The van der Waals surface area contributed by atoms with Gasteiger partial charge in [-0.1, -0.05) is 12.1 Å². The molecule has 0 amide bonds. The van der Waals surface area contributed by atoms with E-state index >= 15 is 0 Å². The van der Waals surface area contributed by atoms with Crippen molar-refractivity contribution >= 4 is 15.7 Å². The Bertz CT molecular complexity index is 965. The molecular formula is C23H34N4O3S. The van der Waals surface area contributed by atoms with Crippen LogP contribution in [0.1, 0.15) is 58.2 Å². The van der Waals surface area contributed by atoms with Gasteiger partial charge < -0.3 is 14.6 Å². The fourth-order valence-corrected chi connectivity index (χ4v) is 5.27. The molecule has 2 fully saturated rings. The summed E-state index contributed by atoms with van der Waals surface area (Å²) in [4.78, 5) is 10.6. The van der Waals surface area contributed by atoms with Gasteiger partial charge in [0.05, 0.1) is 23.7 Å². The average Bonchev–Trinajstić information content (AvgIpc) is 3.24. The van der Waals surface area contributed by atoms with Crippen molar-refractivity contribution in [1.82, 2.24) is 14.7 Å². The van der Waals surface area contributed by atoms with E-state index in [4.69, 9.17) is 9.72 Å². The van der Waals surface area contributed by atoms with Gasteiger partial charge >= 0.3 is 0 Å². The molecule has 1 saturated heterocycles. The summed E-state index contributed by atoms with van der Waals surface area (Å²) < 4.78 is 32.4. The van der Waals surface area contributed by atoms with Gasteiger partial charge in [-0.25, -0.2) is 18.1 Å². The lowest BCUT2D eigenvalue weighted by molar-refractivity contribution is 0.122. The standard InChI is InChI=1S/C23H34N4O3S/c1-23(2,3)31(28,29)26-19-8-4-18(5-9-19)22-24-16-21(25-22)17-6-10-20(11-7-17)27-12-14-30-15-13-27/h6-7,10-11,16,18-19,26H,4-5,8-9,12-15H2,1-3H3,(H,24,25)/t18-,19-. The number of aromatic amines is 1. The van der Waals surface area contributed by atoms with Crippen molar-refractivity contribution in [3.8, 4) is 11.3 Å². The van der Waals surface area contributed by atoms with Crippen molar-refractivity contribution in [2.24, 2.45) is 0 Å². The van der Waals surface area contributed by atoms with Gasteiger partial charge in [0.2, 0.25) is 10.0 Å². The van der Waals surface area contributed by atoms with Crippen LogP contribution in [0.15, 0.2) is 30.5 Å². The summed E-state index contributed by atoms with van der Waals surface area (Å²) in [6.07, 6.45) is 5.52. The van der Waals surface area contributed by atoms with Crippen molar-refractivity contribution in [3.63, 3.8) is 0 Å². The molecule has 4 rings (SSSR count). The molecule has 1 aliphatic carbocycles. The molecule has 1 aliphatic heterocycles. The lowest BCUT2D eigenvalue weighted by Gasteiger charge is -2.30. The topological polar surface area (TPSA) is 87.3 Å². The van der Waals surface area contributed by atoms with Crippen molar-refractivity contribution in [1.29, 1.82) is 0 Å². The summed E-state index contributed by atoms with van der Waals surface area (Å²) >= 11 is 0. The van der Waals surface area contributed by atoms with Crippen LogP contribution < -0.4 is 9.62 Å². The zero-order chi connectivity index (χ0) is 22.1. The van der Waals surface area contributed by atoms with E-state index in [1.807, 2.05) is 6.20 Å². The van der Waals surface area contributed by atoms with Gasteiger partial charge in [0.1, 0.15) is 5.82 Å². The van der Waals surface area contributed by atoms with E-state index in [2.05, 4.69) is 38.9 Å². The quantitative estimate of drug-likeness (QED) is 0.732. The molecule has 0 unspecified atom stereocenters. The van der Waals surface area contributed by atoms with E-state index in [-0.39, 0.29) is 6.04 Å². The number of imidazole rings is 1. The van der Waals surface area contributed by atoms with Gasteiger partial charge in [0.25, 0.3) is 0 Å². The third kappa shape index (κ3) is 5.13. The van der Waals surface area contributed by atoms with Crippen LogP contribution in [-0.4, -0.2) is 55.5 Å². The highest BCUT2D eigenvalue weighted by atomic mass is 32.2. The molecule has 0 spiro atoms. The first kappa shape index (κ1) is 22.3. The highest BCUT2D eigenvalue weighted by Crippen LogP contribution is 2.33. The van der Waals surface area contributed by atoms with Crippen molar-refractivity contribution in [3.05, 3.63) is 36.3 Å². The van der Waals surface area contributed by atoms with Crippen LogP contribution in [0.4, 0.5) is 5.69 Å². The Morgan fingerprint density at radius 2 is 1.71 bits per heavy atom. The molecule has 2 heterocycles. The largest absolute Gasteiger partial charge is 0.378 e. The lowest BCUT2D eigenvalue weighted by Crippen LogP contribution is -2.45. The molecule has 7 nitrogen and oxygen atoms in total. The fraction of sp³-hybridized carbons (Fsp3) is 0.609. The van der Waals surface area contributed by atoms with Crippen LogP contribution in [0.3, 0.4) is 0 Å². The molecule has 1 saturated carbocycles. The van der Waals surface area contributed by atoms with Crippen LogP contribution in [0.2, 0.25) is 0 Å². The number of ether oxygens (including phenoxy) is 1. The molecule has 0 atom stereocenters. The van der Waals surface area contributed by atoms with Crippen LogP contribution in [0.25, 0.3) is 11.3 Å². The lowest BCUT2D eigenvalue weighted by atomic mass is 9.86. The van der Waals surface area contributed by atoms with Crippen LogP contribution in [0, 0.1) is 0 Å². The maximum Gasteiger partial charge on any atom is 0.216 e. The average molecular weight is 447 g/mol. The number of nitrogens with one attached hydrogen (secondary N) is 2. The molecule has 8 heteroatoms. The first-order valence-electron chi connectivity index (χ1n) is 11.2. The number of aromatic nitrogens is 2. The summed E-state index contributed by atoms with van der Waals surface area (Å²) in [5.74, 6) is 1.35. The van der Waals surface area contributed by atoms with E-state index in [0.717, 1.165) is 69.1 Å². The minimum atomic E-state index is -3.31. The maximum absolute atomic E-state index is 12.4. The zero-order valence-corrected chi connectivity index (χ0v) is 19.5. The van der Waals surface area contributed by atoms with Crippen molar-refractivity contribution in [2.45, 2.75) is 63.2 Å². The number of nitrogens with zero attached hydrogens (tertiary/aromatic N) is 2. The SMILES string of the molecule is CC(C)(C)S(=O)(=O)N[C@H]1CC[C@H](c2nc(-c3ccc(N4CCOCC4)cc3)c[nH]2)CC1. The minimum absolute atomic E-state index is 0.0163. The minimum Gasteiger partial charge on any atom is -0.378 e.